The lowest BCUT2D eigenvalue weighted by molar-refractivity contribution is -0.116. The van der Waals surface area contributed by atoms with Gasteiger partial charge in [0.1, 0.15) is 11.6 Å². The van der Waals surface area contributed by atoms with Gasteiger partial charge in [0.15, 0.2) is 5.96 Å². The van der Waals surface area contributed by atoms with E-state index in [0.717, 1.165) is 17.8 Å². The third kappa shape index (κ3) is 5.36. The number of carbonyl (C=O) groups excluding carboxylic acids is 1. The van der Waals surface area contributed by atoms with Crippen LogP contribution in [0, 0.1) is 0 Å². The molecule has 1 aliphatic heterocycles. The second-order valence-corrected chi connectivity index (χ2v) is 6.73. The van der Waals surface area contributed by atoms with E-state index in [1.54, 1.807) is 18.3 Å². The first kappa shape index (κ1) is 19.9. The average molecular weight is 402 g/mol. The lowest BCUT2D eigenvalue weighted by atomic mass is 9.91. The van der Waals surface area contributed by atoms with Crippen molar-refractivity contribution < 1.29 is 9.53 Å². The highest BCUT2D eigenvalue weighted by Crippen LogP contribution is 2.31. The molecular weight excluding hydrogens is 378 g/mol. The number of guanidine groups is 1. The van der Waals surface area contributed by atoms with E-state index >= 15 is 0 Å². The molecule has 3 rings (SSSR count). The van der Waals surface area contributed by atoms with E-state index in [-0.39, 0.29) is 11.8 Å². The number of benzene rings is 1. The summed E-state index contributed by atoms with van der Waals surface area (Å²) in [4.78, 5) is 20.7. The molecule has 1 aromatic heterocycles. The van der Waals surface area contributed by atoms with E-state index < -0.39 is 0 Å². The smallest absolute Gasteiger partial charge is 0.232 e. The summed E-state index contributed by atoms with van der Waals surface area (Å²) in [5, 5.41) is 9.83. The third-order valence-electron chi connectivity index (χ3n) is 4.28. The van der Waals surface area contributed by atoms with Crippen LogP contribution >= 0.6 is 11.6 Å². The summed E-state index contributed by atoms with van der Waals surface area (Å²) in [6.07, 6.45) is 2.07. The number of halogens is 1. The van der Waals surface area contributed by atoms with Gasteiger partial charge in [-0.25, -0.2) is 4.98 Å². The Morgan fingerprint density at radius 2 is 2.18 bits per heavy atom. The molecule has 0 aliphatic carbocycles. The monoisotopic (exact) mass is 401 g/mol. The summed E-state index contributed by atoms with van der Waals surface area (Å²) in [6.45, 7) is 4.20. The van der Waals surface area contributed by atoms with Crippen LogP contribution in [0.3, 0.4) is 0 Å². The van der Waals surface area contributed by atoms with Crippen LogP contribution in [0.25, 0.3) is 0 Å². The molecule has 8 heteroatoms. The molecule has 0 saturated carbocycles. The zero-order valence-electron chi connectivity index (χ0n) is 15.7. The van der Waals surface area contributed by atoms with Gasteiger partial charge in [0, 0.05) is 30.8 Å². The number of nitrogens with one attached hydrogen (secondary N) is 3. The van der Waals surface area contributed by atoms with Crippen molar-refractivity contribution >= 4 is 29.2 Å². The molecule has 3 N–H and O–H groups in total. The van der Waals surface area contributed by atoms with E-state index in [1.165, 1.54) is 0 Å². The normalized spacial score (nSPS) is 16.1. The third-order valence-corrected chi connectivity index (χ3v) is 4.57. The van der Waals surface area contributed by atoms with Gasteiger partial charge in [-0.3, -0.25) is 9.79 Å². The lowest BCUT2D eigenvalue weighted by Gasteiger charge is -2.24. The number of hydrogen-bond donors (Lipinski definition) is 3. The number of anilines is 1. The maximum absolute atomic E-state index is 12.0. The number of para-hydroxylation sites is 1. The fourth-order valence-corrected chi connectivity index (χ4v) is 3.18. The number of rotatable bonds is 7. The summed E-state index contributed by atoms with van der Waals surface area (Å²) >= 11 is 6.03. The van der Waals surface area contributed by atoms with Crippen LogP contribution in [0.1, 0.15) is 24.8 Å². The summed E-state index contributed by atoms with van der Waals surface area (Å²) in [5.74, 6) is 1.18. The standard InChI is InChI=1S/C20H24ClN5O2/c1-2-22-20(24-10-11-28-19-16(21)7-5-9-23-19)25-13-14-12-18(27)26-17-8-4-3-6-15(14)17/h3-9,14H,2,10-13H2,1H3,(H,26,27)(H2,22,24,25). The predicted molar refractivity (Wildman–Crippen MR) is 111 cm³/mol. The Kier molecular flexibility index (Phi) is 7.08. The minimum atomic E-state index is 0.0255. The molecule has 0 saturated heterocycles. The molecule has 0 radical (unpaired) electrons. The molecule has 0 bridgehead atoms. The largest absolute Gasteiger partial charge is 0.475 e. The van der Waals surface area contributed by atoms with Crippen LogP contribution in [-0.2, 0) is 4.79 Å². The number of aromatic nitrogens is 1. The Bertz CT molecular complexity index is 843. The minimum Gasteiger partial charge on any atom is -0.475 e. The van der Waals surface area contributed by atoms with Crippen molar-refractivity contribution in [3.63, 3.8) is 0 Å². The Labute approximate surface area is 169 Å². The van der Waals surface area contributed by atoms with Crippen molar-refractivity contribution in [3.8, 4) is 5.88 Å². The number of ether oxygens (including phenoxy) is 1. The van der Waals surface area contributed by atoms with Crippen molar-refractivity contribution in [3.05, 3.63) is 53.2 Å². The van der Waals surface area contributed by atoms with Gasteiger partial charge in [0.05, 0.1) is 13.1 Å². The number of fused-ring (bicyclic) bond motifs is 1. The van der Waals surface area contributed by atoms with Crippen LogP contribution in [0.5, 0.6) is 5.88 Å². The molecule has 0 fully saturated rings. The van der Waals surface area contributed by atoms with Gasteiger partial charge in [-0.15, -0.1) is 0 Å². The molecule has 7 nitrogen and oxygen atoms in total. The van der Waals surface area contributed by atoms with Crippen molar-refractivity contribution in [1.29, 1.82) is 0 Å². The second-order valence-electron chi connectivity index (χ2n) is 6.32. The van der Waals surface area contributed by atoms with E-state index in [1.807, 2.05) is 31.2 Å². The maximum Gasteiger partial charge on any atom is 0.232 e. The summed E-state index contributed by atoms with van der Waals surface area (Å²) in [5.41, 5.74) is 1.99. The van der Waals surface area contributed by atoms with E-state index in [0.29, 0.717) is 43.0 Å². The molecule has 2 aromatic rings. The van der Waals surface area contributed by atoms with E-state index in [2.05, 4.69) is 25.9 Å². The number of carbonyl (C=O) groups is 1. The molecule has 1 aliphatic rings. The van der Waals surface area contributed by atoms with Gasteiger partial charge in [-0.05, 0) is 30.7 Å². The molecule has 0 spiro atoms. The molecule has 1 amide bonds. The van der Waals surface area contributed by atoms with Gasteiger partial charge in [-0.2, -0.15) is 0 Å². The van der Waals surface area contributed by atoms with Crippen molar-refractivity contribution in [2.75, 3.05) is 31.6 Å². The number of amides is 1. The Balaban J connectivity index is 1.56. The van der Waals surface area contributed by atoms with Gasteiger partial charge in [-0.1, -0.05) is 29.8 Å². The van der Waals surface area contributed by atoms with Crippen LogP contribution < -0.4 is 20.7 Å². The van der Waals surface area contributed by atoms with Crippen LogP contribution in [-0.4, -0.2) is 43.1 Å². The first-order valence-corrected chi connectivity index (χ1v) is 9.69. The molecule has 148 valence electrons. The molecule has 1 unspecified atom stereocenters. The maximum atomic E-state index is 12.0. The highest BCUT2D eigenvalue weighted by molar-refractivity contribution is 6.31. The SMILES string of the molecule is CCNC(=NCC1CC(=O)Nc2ccccc21)NCCOc1ncccc1Cl. The van der Waals surface area contributed by atoms with Gasteiger partial charge >= 0.3 is 0 Å². The number of aliphatic imine (C=N–C) groups is 1. The first-order valence-electron chi connectivity index (χ1n) is 9.31. The first-order chi connectivity index (χ1) is 13.7. The summed E-state index contributed by atoms with van der Waals surface area (Å²) < 4.78 is 5.58. The van der Waals surface area contributed by atoms with Crippen molar-refractivity contribution in [1.82, 2.24) is 15.6 Å². The quantitative estimate of drug-likeness (QED) is 0.377. The molecule has 1 aromatic carbocycles. The number of pyridine rings is 1. The fraction of sp³-hybridized carbons (Fsp3) is 0.350. The second kappa shape index (κ2) is 9.94. The Morgan fingerprint density at radius 3 is 3.00 bits per heavy atom. The van der Waals surface area contributed by atoms with Gasteiger partial charge in [0.2, 0.25) is 11.8 Å². The summed E-state index contributed by atoms with van der Waals surface area (Å²) in [6, 6.07) is 11.4. The van der Waals surface area contributed by atoms with Gasteiger partial charge < -0.3 is 20.7 Å². The molecule has 1 atom stereocenters. The number of nitrogens with zero attached hydrogens (tertiary/aromatic N) is 2. The van der Waals surface area contributed by atoms with E-state index in [9.17, 15) is 4.79 Å². The topological polar surface area (TPSA) is 87.6 Å². The zero-order valence-corrected chi connectivity index (χ0v) is 16.5. The number of hydrogen-bond acceptors (Lipinski definition) is 4. The van der Waals surface area contributed by atoms with E-state index in [4.69, 9.17) is 16.3 Å². The lowest BCUT2D eigenvalue weighted by Crippen LogP contribution is -2.39. The van der Waals surface area contributed by atoms with Crippen molar-refractivity contribution in [2.45, 2.75) is 19.3 Å². The van der Waals surface area contributed by atoms with Gasteiger partial charge in [0.25, 0.3) is 0 Å². The summed E-state index contributed by atoms with van der Waals surface area (Å²) in [7, 11) is 0. The van der Waals surface area contributed by atoms with Crippen molar-refractivity contribution in [2.24, 2.45) is 4.99 Å². The van der Waals surface area contributed by atoms with Crippen LogP contribution in [0.15, 0.2) is 47.6 Å². The highest BCUT2D eigenvalue weighted by atomic mass is 35.5. The highest BCUT2D eigenvalue weighted by Gasteiger charge is 2.24. The average Bonchev–Trinajstić information content (AvgIpc) is 2.70. The molecule has 2 heterocycles. The minimum absolute atomic E-state index is 0.0255. The Hall–Kier alpha value is -2.80. The molecule has 28 heavy (non-hydrogen) atoms. The van der Waals surface area contributed by atoms with Crippen LogP contribution in [0.2, 0.25) is 5.02 Å². The zero-order chi connectivity index (χ0) is 19.8. The van der Waals surface area contributed by atoms with Crippen LogP contribution in [0.4, 0.5) is 5.69 Å². The Morgan fingerprint density at radius 1 is 1.32 bits per heavy atom. The fourth-order valence-electron chi connectivity index (χ4n) is 3.00. The molecular formula is C20H24ClN5O2. The predicted octanol–water partition coefficient (Wildman–Crippen LogP) is 2.79.